The molecule has 3 aliphatic rings. The van der Waals surface area contributed by atoms with Crippen molar-refractivity contribution in [3.8, 4) is 0 Å². The molecule has 3 aromatic rings. The van der Waals surface area contributed by atoms with E-state index in [4.69, 9.17) is 21.7 Å². The fourth-order valence-electron chi connectivity index (χ4n) is 5.81. The molecule has 3 fully saturated rings. The van der Waals surface area contributed by atoms with Crippen LogP contribution in [0.5, 0.6) is 0 Å². The molecule has 1 amide bonds. The molecule has 0 bridgehead atoms. The number of carbonyl (C=O) groups excluding carboxylic acids is 1. The number of hydrogen-bond donors (Lipinski definition) is 2. The van der Waals surface area contributed by atoms with E-state index < -0.39 is 16.7 Å². The number of aromatic nitrogens is 3. The normalized spacial score (nSPS) is 21.7. The van der Waals surface area contributed by atoms with E-state index in [1.54, 1.807) is 11.0 Å². The summed E-state index contributed by atoms with van der Waals surface area (Å²) in [6.07, 6.45) is 4.60. The number of sulfonamides is 1. The van der Waals surface area contributed by atoms with Gasteiger partial charge in [-0.05, 0) is 43.9 Å². The number of benzene rings is 1. The second-order valence-electron chi connectivity index (χ2n) is 11.0. The molecule has 1 aromatic carbocycles. The van der Waals surface area contributed by atoms with Gasteiger partial charge in [0.15, 0.2) is 5.65 Å². The number of rotatable bonds is 7. The average molecular weight is 605 g/mol. The van der Waals surface area contributed by atoms with Gasteiger partial charge in [0.2, 0.25) is 10.0 Å². The van der Waals surface area contributed by atoms with Gasteiger partial charge in [-0.3, -0.25) is 9.52 Å². The van der Waals surface area contributed by atoms with E-state index >= 15 is 0 Å². The van der Waals surface area contributed by atoms with Crippen molar-refractivity contribution in [3.05, 3.63) is 46.6 Å². The van der Waals surface area contributed by atoms with Crippen LogP contribution in [0.4, 0.5) is 21.7 Å². The molecule has 3 saturated heterocycles. The summed E-state index contributed by atoms with van der Waals surface area (Å²) in [6.45, 7) is 3.82. The Labute approximate surface area is 243 Å². The second kappa shape index (κ2) is 11.3. The van der Waals surface area contributed by atoms with Gasteiger partial charge in [0.25, 0.3) is 5.91 Å². The lowest BCUT2D eigenvalue weighted by atomic mass is 9.98. The van der Waals surface area contributed by atoms with Crippen molar-refractivity contribution in [3.63, 3.8) is 0 Å². The molecule has 2 N–H and O–H groups in total. The quantitative estimate of drug-likeness (QED) is 0.423. The van der Waals surface area contributed by atoms with Crippen molar-refractivity contribution in [2.24, 2.45) is 0 Å². The lowest BCUT2D eigenvalue weighted by Crippen LogP contribution is -2.52. The zero-order valence-electron chi connectivity index (χ0n) is 22.9. The van der Waals surface area contributed by atoms with Crippen LogP contribution in [-0.2, 0) is 10.0 Å². The number of alkyl halides is 1. The highest BCUT2D eigenvalue weighted by atomic mass is 35.5. The number of fused-ring (bicyclic) bond motifs is 1. The molecule has 2 atom stereocenters. The molecule has 2 unspecified atom stereocenters. The Balaban J connectivity index is 1.38. The first-order valence-electron chi connectivity index (χ1n) is 14.0. The maximum Gasteiger partial charge on any atom is 0.256 e. The molecular weight excluding hydrogens is 571 g/mol. The highest BCUT2D eigenvalue weighted by Crippen LogP contribution is 2.35. The Hall–Kier alpha value is -3.16. The smallest absolute Gasteiger partial charge is 0.256 e. The summed E-state index contributed by atoms with van der Waals surface area (Å²) in [4.78, 5) is 25.0. The summed E-state index contributed by atoms with van der Waals surface area (Å²) in [5, 5.41) is 8.54. The standard InChI is InChI=1S/C27H34ClFN8O3S/c1-41(39,40)33-21-7-6-18(28)13-20(21)27(38)36-11-3-2-5-23(36)22-14-25-31-24(34-9-4-10-34)15-26(37(25)32-22)35-12-8-30-19(16-29)17-35/h6-7,13-15,19,23,30,33H,2-5,8-12,16-17H2,1H3. The summed E-state index contributed by atoms with van der Waals surface area (Å²) in [5.41, 5.74) is 1.76. The Morgan fingerprint density at radius 2 is 1.95 bits per heavy atom. The third-order valence-corrected chi connectivity index (χ3v) is 8.80. The largest absolute Gasteiger partial charge is 0.356 e. The molecule has 220 valence electrons. The van der Waals surface area contributed by atoms with Gasteiger partial charge in [-0.2, -0.15) is 9.61 Å². The predicted octanol–water partition coefficient (Wildman–Crippen LogP) is 3.08. The van der Waals surface area contributed by atoms with Crippen LogP contribution in [0, 0.1) is 0 Å². The fourth-order valence-corrected chi connectivity index (χ4v) is 6.56. The van der Waals surface area contributed by atoms with Gasteiger partial charge < -0.3 is 20.0 Å². The molecule has 11 nitrogen and oxygen atoms in total. The predicted molar refractivity (Wildman–Crippen MR) is 157 cm³/mol. The van der Waals surface area contributed by atoms with Gasteiger partial charge in [-0.15, -0.1) is 0 Å². The number of nitrogens with zero attached hydrogens (tertiary/aromatic N) is 6. The zero-order valence-corrected chi connectivity index (χ0v) is 24.5. The van der Waals surface area contributed by atoms with E-state index in [2.05, 4.69) is 19.8 Å². The maximum atomic E-state index is 14.0. The number of anilines is 3. The van der Waals surface area contributed by atoms with Crippen LogP contribution in [0.1, 0.15) is 47.8 Å². The number of nitrogens with one attached hydrogen (secondary N) is 2. The van der Waals surface area contributed by atoms with Crippen LogP contribution < -0.4 is 19.8 Å². The zero-order chi connectivity index (χ0) is 28.7. The summed E-state index contributed by atoms with van der Waals surface area (Å²) in [6, 6.07) is 7.93. The number of halogens is 2. The topological polar surface area (TPSA) is 115 Å². The van der Waals surface area contributed by atoms with Gasteiger partial charge in [0.05, 0.1) is 35.3 Å². The molecule has 5 heterocycles. The van der Waals surface area contributed by atoms with Crippen LogP contribution in [0.2, 0.25) is 5.02 Å². The molecule has 0 saturated carbocycles. The lowest BCUT2D eigenvalue weighted by Gasteiger charge is -2.36. The Kier molecular flexibility index (Phi) is 7.68. The van der Waals surface area contributed by atoms with E-state index in [1.807, 2.05) is 16.6 Å². The first kappa shape index (κ1) is 28.0. The van der Waals surface area contributed by atoms with Crippen molar-refractivity contribution in [2.75, 3.05) is 66.7 Å². The first-order valence-corrected chi connectivity index (χ1v) is 16.3. The van der Waals surface area contributed by atoms with Gasteiger partial charge in [-0.1, -0.05) is 11.6 Å². The third-order valence-electron chi connectivity index (χ3n) is 7.97. The third kappa shape index (κ3) is 5.80. The Morgan fingerprint density at radius 3 is 2.68 bits per heavy atom. The van der Waals surface area contributed by atoms with Gasteiger partial charge in [0, 0.05) is 56.4 Å². The summed E-state index contributed by atoms with van der Waals surface area (Å²) >= 11 is 6.24. The van der Waals surface area contributed by atoms with Crippen LogP contribution in [0.25, 0.3) is 5.65 Å². The number of piperidine rings is 1. The Bertz CT molecular complexity index is 1560. The lowest BCUT2D eigenvalue weighted by molar-refractivity contribution is 0.0607. The minimum absolute atomic E-state index is 0.186. The van der Waals surface area contributed by atoms with E-state index in [9.17, 15) is 17.6 Å². The van der Waals surface area contributed by atoms with Gasteiger partial charge in [-0.25, -0.2) is 17.8 Å². The molecule has 14 heteroatoms. The molecule has 0 radical (unpaired) electrons. The number of amides is 1. The average Bonchev–Trinajstić information content (AvgIpc) is 3.36. The van der Waals surface area contributed by atoms with Crippen molar-refractivity contribution < 1.29 is 17.6 Å². The van der Waals surface area contributed by atoms with Crippen LogP contribution in [0.15, 0.2) is 30.3 Å². The fraction of sp³-hybridized carbons (Fsp3) is 0.519. The molecule has 0 spiro atoms. The first-order chi connectivity index (χ1) is 19.7. The molecule has 41 heavy (non-hydrogen) atoms. The van der Waals surface area contributed by atoms with E-state index in [-0.39, 0.29) is 29.2 Å². The summed E-state index contributed by atoms with van der Waals surface area (Å²) < 4.78 is 41.9. The summed E-state index contributed by atoms with van der Waals surface area (Å²) in [7, 11) is -3.61. The number of carbonyl (C=O) groups is 1. The Morgan fingerprint density at radius 1 is 1.12 bits per heavy atom. The minimum atomic E-state index is -3.61. The second-order valence-corrected chi connectivity index (χ2v) is 13.2. The number of hydrogen-bond acceptors (Lipinski definition) is 8. The number of piperazine rings is 1. The van der Waals surface area contributed by atoms with Gasteiger partial charge >= 0.3 is 0 Å². The van der Waals surface area contributed by atoms with Gasteiger partial charge in [0.1, 0.15) is 18.3 Å². The molecule has 3 aliphatic heterocycles. The van der Waals surface area contributed by atoms with Crippen molar-refractivity contribution in [2.45, 2.75) is 37.8 Å². The highest BCUT2D eigenvalue weighted by Gasteiger charge is 2.33. The molecule has 0 aliphatic carbocycles. The van der Waals surface area contributed by atoms with Crippen LogP contribution in [-0.4, -0.2) is 92.1 Å². The van der Waals surface area contributed by atoms with E-state index in [1.165, 1.54) is 12.1 Å². The van der Waals surface area contributed by atoms with Crippen molar-refractivity contribution in [1.29, 1.82) is 0 Å². The monoisotopic (exact) mass is 604 g/mol. The number of likely N-dealkylation sites (tertiary alicyclic amines) is 1. The molecule has 6 rings (SSSR count). The van der Waals surface area contributed by atoms with Crippen molar-refractivity contribution >= 4 is 50.5 Å². The molecular formula is C27H34ClFN8O3S. The van der Waals surface area contributed by atoms with Crippen LogP contribution in [0.3, 0.4) is 0 Å². The SMILES string of the molecule is CS(=O)(=O)Nc1ccc(Cl)cc1C(=O)N1CCCCC1c1cc2nc(N3CCC3)cc(N3CCNC(CF)C3)n2n1. The molecule has 2 aromatic heterocycles. The summed E-state index contributed by atoms with van der Waals surface area (Å²) in [5.74, 6) is 1.40. The van der Waals surface area contributed by atoms with Crippen molar-refractivity contribution in [1.82, 2.24) is 24.8 Å². The highest BCUT2D eigenvalue weighted by molar-refractivity contribution is 7.92. The van der Waals surface area contributed by atoms with E-state index in [0.29, 0.717) is 49.0 Å². The van der Waals surface area contributed by atoms with Crippen LogP contribution >= 0.6 is 11.6 Å². The minimum Gasteiger partial charge on any atom is -0.356 e. The van der Waals surface area contributed by atoms with E-state index in [0.717, 1.165) is 50.2 Å². The maximum absolute atomic E-state index is 14.0.